The highest BCUT2D eigenvalue weighted by Crippen LogP contribution is 2.30. The molecule has 0 unspecified atom stereocenters. The van der Waals surface area contributed by atoms with Crippen LogP contribution < -0.4 is 5.32 Å². The molecule has 2 N–H and O–H groups in total. The van der Waals surface area contributed by atoms with E-state index < -0.39 is 11.8 Å². The van der Waals surface area contributed by atoms with Crippen LogP contribution in [0.5, 0.6) is 0 Å². The molecule has 0 spiro atoms. The lowest BCUT2D eigenvalue weighted by atomic mass is 9.84. The molecule has 1 aromatic carbocycles. The molecule has 0 atom stereocenters. The first kappa shape index (κ1) is 13.8. The predicted molar refractivity (Wildman–Crippen MR) is 73.0 cm³/mol. The number of para-hydroxylation sites is 1. The zero-order valence-corrected chi connectivity index (χ0v) is 11.2. The lowest BCUT2D eigenvalue weighted by molar-refractivity contribution is 0.0697. The van der Waals surface area contributed by atoms with Gasteiger partial charge in [0.05, 0.1) is 11.3 Å². The molecule has 0 bridgehead atoms. The summed E-state index contributed by atoms with van der Waals surface area (Å²) >= 11 is 0. The van der Waals surface area contributed by atoms with E-state index >= 15 is 0 Å². The van der Waals surface area contributed by atoms with Crippen molar-refractivity contribution in [2.75, 3.05) is 5.32 Å². The van der Waals surface area contributed by atoms with E-state index in [9.17, 15) is 9.18 Å². The Bertz CT molecular complexity index is 453. The van der Waals surface area contributed by atoms with Crippen molar-refractivity contribution in [1.29, 1.82) is 0 Å². The number of aromatic carboxylic acids is 1. The van der Waals surface area contributed by atoms with Gasteiger partial charge in [-0.3, -0.25) is 0 Å². The van der Waals surface area contributed by atoms with E-state index in [1.165, 1.54) is 24.6 Å². The number of carboxylic acid groups (broad SMARTS) is 1. The van der Waals surface area contributed by atoms with Crippen LogP contribution in [0.3, 0.4) is 0 Å². The van der Waals surface area contributed by atoms with E-state index in [-0.39, 0.29) is 17.3 Å². The third-order valence-corrected chi connectivity index (χ3v) is 4.02. The number of halogens is 1. The number of carboxylic acids is 1. The Labute approximate surface area is 112 Å². The third kappa shape index (κ3) is 3.25. The van der Waals surface area contributed by atoms with Crippen molar-refractivity contribution in [3.05, 3.63) is 29.6 Å². The first-order valence-electron chi connectivity index (χ1n) is 6.90. The van der Waals surface area contributed by atoms with Crippen molar-refractivity contribution in [3.8, 4) is 0 Å². The predicted octanol–water partition coefficient (Wildman–Crippen LogP) is 3.90. The van der Waals surface area contributed by atoms with Gasteiger partial charge >= 0.3 is 5.97 Å². The maximum absolute atomic E-state index is 13.8. The molecule has 0 aliphatic heterocycles. The maximum Gasteiger partial charge on any atom is 0.337 e. The van der Waals surface area contributed by atoms with E-state index in [0.29, 0.717) is 0 Å². The van der Waals surface area contributed by atoms with Gasteiger partial charge < -0.3 is 10.4 Å². The van der Waals surface area contributed by atoms with E-state index in [0.717, 1.165) is 31.6 Å². The number of benzene rings is 1. The summed E-state index contributed by atoms with van der Waals surface area (Å²) in [5, 5.41) is 12.2. The summed E-state index contributed by atoms with van der Waals surface area (Å²) in [4.78, 5) is 11.1. The molecular formula is C15H20FNO2. The Hall–Kier alpha value is -1.58. The van der Waals surface area contributed by atoms with Gasteiger partial charge in [-0.1, -0.05) is 19.4 Å². The van der Waals surface area contributed by atoms with Gasteiger partial charge in [-0.25, -0.2) is 9.18 Å². The summed E-state index contributed by atoms with van der Waals surface area (Å²) in [5.74, 6) is -0.820. The molecule has 0 heterocycles. The van der Waals surface area contributed by atoms with E-state index in [4.69, 9.17) is 5.11 Å². The Morgan fingerprint density at radius 2 is 2.05 bits per heavy atom. The lowest BCUT2D eigenvalue weighted by Crippen LogP contribution is -2.27. The van der Waals surface area contributed by atoms with Gasteiger partial charge in [0, 0.05) is 6.04 Å². The Balaban J connectivity index is 2.09. The topological polar surface area (TPSA) is 49.3 Å². The van der Waals surface area contributed by atoms with Crippen LogP contribution in [0.2, 0.25) is 0 Å². The summed E-state index contributed by atoms with van der Waals surface area (Å²) < 4.78 is 13.8. The van der Waals surface area contributed by atoms with Gasteiger partial charge in [0.1, 0.15) is 5.82 Å². The van der Waals surface area contributed by atoms with Gasteiger partial charge in [-0.05, 0) is 43.7 Å². The lowest BCUT2D eigenvalue weighted by Gasteiger charge is -2.29. The van der Waals surface area contributed by atoms with Crippen LogP contribution in [0, 0.1) is 11.7 Å². The molecule has 3 nitrogen and oxygen atoms in total. The summed E-state index contributed by atoms with van der Waals surface area (Å²) in [6.45, 7) is 2.19. The van der Waals surface area contributed by atoms with Crippen molar-refractivity contribution in [2.45, 2.75) is 45.1 Å². The average Bonchev–Trinajstić information content (AvgIpc) is 2.41. The van der Waals surface area contributed by atoms with Gasteiger partial charge in [-0.2, -0.15) is 0 Å². The molecule has 0 saturated heterocycles. The second-order valence-corrected chi connectivity index (χ2v) is 5.24. The maximum atomic E-state index is 13.8. The summed E-state index contributed by atoms with van der Waals surface area (Å²) in [6, 6.07) is 4.34. The van der Waals surface area contributed by atoms with Crippen molar-refractivity contribution in [1.82, 2.24) is 0 Å². The minimum atomic E-state index is -1.09. The number of anilines is 1. The minimum Gasteiger partial charge on any atom is -0.478 e. The van der Waals surface area contributed by atoms with Crippen molar-refractivity contribution in [2.24, 2.45) is 5.92 Å². The van der Waals surface area contributed by atoms with Crippen LogP contribution >= 0.6 is 0 Å². The molecule has 4 heteroatoms. The van der Waals surface area contributed by atoms with Gasteiger partial charge in [0.2, 0.25) is 0 Å². The van der Waals surface area contributed by atoms with E-state index in [2.05, 4.69) is 12.2 Å². The van der Waals surface area contributed by atoms with Gasteiger partial charge in [0.15, 0.2) is 0 Å². The molecule has 1 saturated carbocycles. The van der Waals surface area contributed by atoms with Crippen LogP contribution in [-0.2, 0) is 0 Å². The Morgan fingerprint density at radius 3 is 2.63 bits per heavy atom. The molecule has 0 aromatic heterocycles. The molecule has 1 aromatic rings. The zero-order chi connectivity index (χ0) is 13.8. The molecule has 19 heavy (non-hydrogen) atoms. The number of hydrogen-bond donors (Lipinski definition) is 2. The highest BCUT2D eigenvalue weighted by molar-refractivity contribution is 5.94. The number of hydrogen-bond acceptors (Lipinski definition) is 2. The van der Waals surface area contributed by atoms with E-state index in [1.54, 1.807) is 0 Å². The molecule has 1 aliphatic rings. The van der Waals surface area contributed by atoms with Crippen molar-refractivity contribution < 1.29 is 14.3 Å². The van der Waals surface area contributed by atoms with Crippen LogP contribution in [0.25, 0.3) is 0 Å². The average molecular weight is 265 g/mol. The minimum absolute atomic E-state index is 0.0117. The van der Waals surface area contributed by atoms with Crippen molar-refractivity contribution >= 4 is 11.7 Å². The third-order valence-electron chi connectivity index (χ3n) is 4.02. The van der Waals surface area contributed by atoms with Gasteiger partial charge in [0.25, 0.3) is 0 Å². The molecule has 0 radical (unpaired) electrons. The van der Waals surface area contributed by atoms with Crippen LogP contribution in [-0.4, -0.2) is 17.1 Å². The normalized spacial score (nSPS) is 23.1. The summed E-state index contributed by atoms with van der Waals surface area (Å²) in [5.41, 5.74) is 0.146. The van der Waals surface area contributed by atoms with Crippen LogP contribution in [0.1, 0.15) is 49.4 Å². The second kappa shape index (κ2) is 6.04. The first-order valence-corrected chi connectivity index (χ1v) is 6.90. The monoisotopic (exact) mass is 265 g/mol. The van der Waals surface area contributed by atoms with Gasteiger partial charge in [-0.15, -0.1) is 0 Å². The fourth-order valence-electron chi connectivity index (χ4n) is 2.77. The SMILES string of the molecule is CCC1CCC(Nc2c(F)cccc2C(=O)O)CC1. The molecular weight excluding hydrogens is 245 g/mol. The van der Waals surface area contributed by atoms with Crippen LogP contribution in [0.15, 0.2) is 18.2 Å². The summed E-state index contributed by atoms with van der Waals surface area (Å²) in [6.07, 6.45) is 5.40. The Morgan fingerprint density at radius 1 is 1.37 bits per heavy atom. The second-order valence-electron chi connectivity index (χ2n) is 5.24. The quantitative estimate of drug-likeness (QED) is 0.868. The molecule has 1 aliphatic carbocycles. The number of carbonyl (C=O) groups is 1. The number of rotatable bonds is 4. The molecule has 2 rings (SSSR count). The van der Waals surface area contributed by atoms with E-state index in [1.807, 2.05) is 0 Å². The number of nitrogens with one attached hydrogen (secondary N) is 1. The largest absolute Gasteiger partial charge is 0.478 e. The Kier molecular flexibility index (Phi) is 4.40. The smallest absolute Gasteiger partial charge is 0.337 e. The van der Waals surface area contributed by atoms with Crippen molar-refractivity contribution in [3.63, 3.8) is 0 Å². The molecule has 1 fully saturated rings. The highest BCUT2D eigenvalue weighted by atomic mass is 19.1. The fraction of sp³-hybridized carbons (Fsp3) is 0.533. The fourth-order valence-corrected chi connectivity index (χ4v) is 2.77. The zero-order valence-electron chi connectivity index (χ0n) is 11.2. The highest BCUT2D eigenvalue weighted by Gasteiger charge is 2.22. The molecule has 0 amide bonds. The summed E-state index contributed by atoms with van der Waals surface area (Å²) in [7, 11) is 0. The molecule has 104 valence electrons. The van der Waals surface area contributed by atoms with Crippen LogP contribution in [0.4, 0.5) is 10.1 Å². The first-order chi connectivity index (χ1) is 9.11. The standard InChI is InChI=1S/C15H20FNO2/c1-2-10-6-8-11(9-7-10)17-14-12(15(18)19)4-3-5-13(14)16/h3-5,10-11,17H,2,6-9H2,1H3,(H,18,19).